The fourth-order valence-corrected chi connectivity index (χ4v) is 6.87. The van der Waals surface area contributed by atoms with Crippen LogP contribution in [0.15, 0.2) is 133 Å². The number of aliphatic carboxylic acids is 1. The lowest BCUT2D eigenvalue weighted by Gasteiger charge is -2.43. The number of carboxylic acid groups (broad SMARTS) is 1. The van der Waals surface area contributed by atoms with Gasteiger partial charge in [-0.3, -0.25) is 14.5 Å². The molecule has 1 aliphatic heterocycles. The summed E-state index contributed by atoms with van der Waals surface area (Å²) in [5.74, 6) is -1.04. The normalized spacial score (nSPS) is 18.5. The van der Waals surface area contributed by atoms with Gasteiger partial charge in [-0.15, -0.1) is 0 Å². The molecule has 8 nitrogen and oxygen atoms in total. The number of rotatable bonds is 16. The van der Waals surface area contributed by atoms with Crippen molar-refractivity contribution in [3.8, 4) is 11.1 Å². The van der Waals surface area contributed by atoms with Gasteiger partial charge in [0.25, 0.3) is 0 Å². The van der Waals surface area contributed by atoms with Crippen LogP contribution in [-0.2, 0) is 45.3 Å². The topological polar surface area (TPSA) is 108 Å². The van der Waals surface area contributed by atoms with Crippen molar-refractivity contribution >= 4 is 11.9 Å². The Morgan fingerprint density at radius 3 is 1.94 bits per heavy atom. The molecule has 1 aliphatic rings. The molecule has 5 aromatic carbocycles. The van der Waals surface area contributed by atoms with Gasteiger partial charge in [-0.05, 0) is 57.5 Å². The second kappa shape index (κ2) is 18.6. The van der Waals surface area contributed by atoms with E-state index in [0.717, 1.165) is 46.5 Å². The Morgan fingerprint density at radius 2 is 1.30 bits per heavy atom. The highest BCUT2D eigenvalue weighted by Gasteiger charge is 2.39. The molecule has 0 aromatic heterocycles. The first kappa shape index (κ1) is 37.6. The van der Waals surface area contributed by atoms with Gasteiger partial charge in [0.15, 0.2) is 6.29 Å². The molecule has 0 aliphatic carbocycles. The van der Waals surface area contributed by atoms with Crippen LogP contribution in [-0.4, -0.2) is 39.6 Å². The molecule has 5 aromatic rings. The predicted molar refractivity (Wildman–Crippen MR) is 205 cm³/mol. The standard InChI is InChI=1S/C45H48N2O6/c1-32-41(30-47(28-33-11-4-2-5-12-33)29-34-13-6-3-7-14-34)52-45(53-44(32)37-23-21-35(31-48)22-24-37)40-18-9-17-39(26-40)38-16-8-15-36(25-38)27-46-42(49)19-10-20-43(50)51/h2-9,11-18,21-26,32,41,44-45,48H,10,19-20,27-31H2,1H3,(H,46,49)(H,50,51)/t32-,41+,44+,45+/m1/s1. The van der Waals surface area contributed by atoms with E-state index in [9.17, 15) is 14.7 Å². The van der Waals surface area contributed by atoms with E-state index in [2.05, 4.69) is 83.9 Å². The number of carboxylic acids is 1. The van der Waals surface area contributed by atoms with Crippen LogP contribution in [0.25, 0.3) is 11.1 Å². The number of hydrogen-bond acceptors (Lipinski definition) is 6. The van der Waals surface area contributed by atoms with Gasteiger partial charge in [-0.1, -0.05) is 128 Å². The van der Waals surface area contributed by atoms with Gasteiger partial charge >= 0.3 is 5.97 Å². The molecule has 1 saturated heterocycles. The first-order valence-electron chi connectivity index (χ1n) is 18.3. The molecule has 0 saturated carbocycles. The Morgan fingerprint density at radius 1 is 0.679 bits per heavy atom. The third-order valence-corrected chi connectivity index (χ3v) is 9.76. The Balaban J connectivity index is 1.24. The second-order valence-corrected chi connectivity index (χ2v) is 13.8. The van der Waals surface area contributed by atoms with Crippen molar-refractivity contribution in [3.63, 3.8) is 0 Å². The first-order valence-corrected chi connectivity index (χ1v) is 18.3. The van der Waals surface area contributed by atoms with E-state index in [1.54, 1.807) is 0 Å². The highest BCUT2D eigenvalue weighted by Crippen LogP contribution is 2.42. The second-order valence-electron chi connectivity index (χ2n) is 13.8. The number of amides is 1. The van der Waals surface area contributed by atoms with Gasteiger partial charge < -0.3 is 25.0 Å². The van der Waals surface area contributed by atoms with Gasteiger partial charge in [0.2, 0.25) is 5.91 Å². The maximum Gasteiger partial charge on any atom is 0.303 e. The molecule has 1 amide bonds. The van der Waals surface area contributed by atoms with Crippen LogP contribution in [0.2, 0.25) is 0 Å². The molecule has 0 radical (unpaired) electrons. The molecule has 6 rings (SSSR count). The lowest BCUT2D eigenvalue weighted by atomic mass is 9.89. The molecule has 1 heterocycles. The van der Waals surface area contributed by atoms with Gasteiger partial charge in [0.05, 0.1) is 18.8 Å². The van der Waals surface area contributed by atoms with E-state index in [0.29, 0.717) is 19.5 Å². The number of aliphatic hydroxyl groups excluding tert-OH is 1. The summed E-state index contributed by atoms with van der Waals surface area (Å²) >= 11 is 0. The molecule has 4 atom stereocenters. The fourth-order valence-electron chi connectivity index (χ4n) is 6.87. The van der Waals surface area contributed by atoms with Crippen molar-refractivity contribution in [3.05, 3.63) is 167 Å². The molecule has 8 heteroatoms. The minimum absolute atomic E-state index is 0.0171. The summed E-state index contributed by atoms with van der Waals surface area (Å²) in [6.45, 7) is 4.78. The molecular weight excluding hydrogens is 665 g/mol. The van der Waals surface area contributed by atoms with Crippen LogP contribution in [0, 0.1) is 5.92 Å². The van der Waals surface area contributed by atoms with Crippen molar-refractivity contribution in [2.24, 2.45) is 5.92 Å². The fraction of sp³-hybridized carbons (Fsp3) is 0.289. The smallest absolute Gasteiger partial charge is 0.303 e. The third kappa shape index (κ3) is 10.7. The Bertz CT molecular complexity index is 1880. The Labute approximate surface area is 312 Å². The van der Waals surface area contributed by atoms with Crippen molar-refractivity contribution in [2.45, 2.75) is 70.9 Å². The Kier molecular flexibility index (Phi) is 13.2. The van der Waals surface area contributed by atoms with Crippen LogP contribution in [0.3, 0.4) is 0 Å². The lowest BCUT2D eigenvalue weighted by molar-refractivity contribution is -0.276. The zero-order chi connectivity index (χ0) is 37.0. The first-order chi connectivity index (χ1) is 25.8. The number of hydrogen-bond donors (Lipinski definition) is 3. The van der Waals surface area contributed by atoms with Crippen LogP contribution in [0.4, 0.5) is 0 Å². The maximum atomic E-state index is 12.3. The lowest BCUT2D eigenvalue weighted by Crippen LogP contribution is -2.44. The third-order valence-electron chi connectivity index (χ3n) is 9.76. The van der Waals surface area contributed by atoms with Gasteiger partial charge in [0, 0.05) is 50.5 Å². The molecule has 274 valence electrons. The van der Waals surface area contributed by atoms with Crippen molar-refractivity contribution < 1.29 is 29.3 Å². The van der Waals surface area contributed by atoms with E-state index < -0.39 is 12.3 Å². The number of carbonyl (C=O) groups excluding carboxylic acids is 1. The minimum atomic E-state index is -0.901. The molecular formula is C45H48N2O6. The summed E-state index contributed by atoms with van der Waals surface area (Å²) in [5.41, 5.74) is 8.22. The quantitative estimate of drug-likeness (QED) is 0.0947. The average molecular weight is 713 g/mol. The average Bonchev–Trinajstić information content (AvgIpc) is 3.19. The zero-order valence-electron chi connectivity index (χ0n) is 30.1. The van der Waals surface area contributed by atoms with Crippen molar-refractivity contribution in [1.29, 1.82) is 0 Å². The van der Waals surface area contributed by atoms with Crippen LogP contribution in [0.1, 0.15) is 72.0 Å². The SMILES string of the molecule is C[C@@H]1[C@H](CN(Cc2ccccc2)Cc2ccccc2)O[C@H](c2cccc(-c3cccc(CNC(=O)CCCC(=O)O)c3)c2)O[C@@H]1c1ccc(CO)cc1. The summed E-state index contributed by atoms with van der Waals surface area (Å²) < 4.78 is 13.8. The summed E-state index contributed by atoms with van der Waals surface area (Å²) in [6.07, 6.45) is -0.558. The van der Waals surface area contributed by atoms with Gasteiger partial charge in [-0.25, -0.2) is 0 Å². The number of nitrogens with one attached hydrogen (secondary N) is 1. The minimum Gasteiger partial charge on any atom is -0.481 e. The summed E-state index contributed by atoms with van der Waals surface area (Å²) in [5, 5.41) is 21.5. The highest BCUT2D eigenvalue weighted by atomic mass is 16.7. The van der Waals surface area contributed by atoms with Crippen LogP contribution in [0.5, 0.6) is 0 Å². The molecule has 0 bridgehead atoms. The molecule has 1 fully saturated rings. The van der Waals surface area contributed by atoms with E-state index in [4.69, 9.17) is 14.6 Å². The molecule has 0 unspecified atom stereocenters. The van der Waals surface area contributed by atoms with Gasteiger partial charge in [0.1, 0.15) is 0 Å². The molecule has 53 heavy (non-hydrogen) atoms. The predicted octanol–water partition coefficient (Wildman–Crippen LogP) is 8.21. The number of ether oxygens (including phenoxy) is 2. The van der Waals surface area contributed by atoms with Gasteiger partial charge in [-0.2, -0.15) is 0 Å². The van der Waals surface area contributed by atoms with Crippen LogP contribution < -0.4 is 5.32 Å². The highest BCUT2D eigenvalue weighted by molar-refractivity contribution is 5.76. The summed E-state index contributed by atoms with van der Waals surface area (Å²) in [7, 11) is 0. The van der Waals surface area contributed by atoms with Crippen molar-refractivity contribution in [2.75, 3.05) is 6.54 Å². The molecule has 3 N–H and O–H groups in total. The molecule has 0 spiro atoms. The van der Waals surface area contributed by atoms with E-state index >= 15 is 0 Å². The van der Waals surface area contributed by atoms with Crippen molar-refractivity contribution in [1.82, 2.24) is 10.2 Å². The number of aliphatic hydroxyl groups is 1. The number of carbonyl (C=O) groups is 2. The maximum absolute atomic E-state index is 12.3. The van der Waals surface area contributed by atoms with Crippen LogP contribution >= 0.6 is 0 Å². The largest absolute Gasteiger partial charge is 0.481 e. The summed E-state index contributed by atoms with van der Waals surface area (Å²) in [6, 6.07) is 45.3. The monoisotopic (exact) mass is 712 g/mol. The summed E-state index contributed by atoms with van der Waals surface area (Å²) in [4.78, 5) is 25.5. The van der Waals surface area contributed by atoms with E-state index in [1.165, 1.54) is 11.1 Å². The number of nitrogens with zero attached hydrogens (tertiary/aromatic N) is 1. The number of benzene rings is 5. The Hall–Kier alpha value is -5.12. The van der Waals surface area contributed by atoms with E-state index in [1.807, 2.05) is 66.7 Å². The zero-order valence-corrected chi connectivity index (χ0v) is 30.1. The van der Waals surface area contributed by atoms with E-state index in [-0.39, 0.29) is 43.5 Å².